The lowest BCUT2D eigenvalue weighted by atomic mass is 9.93. The fraction of sp³-hybridized carbons (Fsp3) is 0.421. The highest BCUT2D eigenvalue weighted by atomic mass is 27.0. The Hall–Kier alpha value is -2.01. The van der Waals surface area contributed by atoms with E-state index < -0.39 is 0 Å². The van der Waals surface area contributed by atoms with Crippen LogP contribution in [0.2, 0.25) is 0 Å². The average molecular weight is 384 g/mol. The molecule has 6 nitrogen and oxygen atoms in total. The number of allylic oxidation sites excluding steroid dienone is 2. The Morgan fingerprint density at radius 1 is 1.44 bits per heavy atom. The van der Waals surface area contributed by atoms with Crippen molar-refractivity contribution in [2.75, 3.05) is 26.7 Å². The smallest absolute Gasteiger partial charge is 0.249 e. The van der Waals surface area contributed by atoms with E-state index in [9.17, 15) is 9.18 Å². The average Bonchev–Trinajstić information content (AvgIpc) is 2.66. The molecule has 0 bridgehead atoms. The van der Waals surface area contributed by atoms with Crippen LogP contribution in [0.3, 0.4) is 0 Å². The van der Waals surface area contributed by atoms with Crippen LogP contribution in [0.25, 0.3) is 11.0 Å². The first-order chi connectivity index (χ1) is 13.0. The van der Waals surface area contributed by atoms with Gasteiger partial charge >= 0.3 is 0 Å². The number of carbonyl (C=O) groups excluding carboxylic acids is 1. The van der Waals surface area contributed by atoms with E-state index >= 15 is 0 Å². The first-order valence-electron chi connectivity index (χ1n) is 8.95. The molecule has 0 unspecified atom stereocenters. The number of pyridine rings is 2. The molecule has 0 atom stereocenters. The van der Waals surface area contributed by atoms with Crippen LogP contribution < -0.4 is 10.5 Å². The van der Waals surface area contributed by atoms with Crippen molar-refractivity contribution < 1.29 is 13.9 Å². The minimum atomic E-state index is -0.343. The molecule has 0 saturated carbocycles. The number of carbonyl (C=O) groups is 1. The summed E-state index contributed by atoms with van der Waals surface area (Å²) in [5.41, 5.74) is 8.42. The maximum atomic E-state index is 14.4. The summed E-state index contributed by atoms with van der Waals surface area (Å²) < 4.78 is 19.4. The van der Waals surface area contributed by atoms with Crippen LogP contribution in [0, 0.1) is 11.7 Å². The number of aromatic nitrogens is 2. The third kappa shape index (κ3) is 4.83. The number of halogens is 1. The number of ether oxygens (including phenoxy) is 1. The fourth-order valence-electron chi connectivity index (χ4n) is 3.47. The lowest BCUT2D eigenvalue weighted by Crippen LogP contribution is -2.36. The van der Waals surface area contributed by atoms with Gasteiger partial charge in [0, 0.05) is 34.4 Å². The summed E-state index contributed by atoms with van der Waals surface area (Å²) in [7, 11) is 1.54. The van der Waals surface area contributed by atoms with E-state index in [2.05, 4.69) is 31.2 Å². The molecule has 2 N–H and O–H groups in total. The number of rotatable bonds is 6. The molecule has 2 aromatic heterocycles. The summed E-state index contributed by atoms with van der Waals surface area (Å²) >= 11 is 2.12. The van der Waals surface area contributed by atoms with Gasteiger partial charge < -0.3 is 20.2 Å². The molecule has 27 heavy (non-hydrogen) atoms. The van der Waals surface area contributed by atoms with Gasteiger partial charge in [-0.3, -0.25) is 4.98 Å². The molecule has 1 aliphatic heterocycles. The Kier molecular flexibility index (Phi) is 6.43. The molecule has 2 radical (unpaired) electrons. The van der Waals surface area contributed by atoms with Crippen LogP contribution in [0.5, 0.6) is 5.88 Å². The van der Waals surface area contributed by atoms with Crippen LogP contribution in [-0.2, 0) is 11.2 Å². The topological polar surface area (TPSA) is 81.3 Å². The van der Waals surface area contributed by atoms with E-state index in [4.69, 9.17) is 10.5 Å². The zero-order valence-electron chi connectivity index (χ0n) is 15.3. The molecule has 1 saturated heterocycles. The third-order valence-corrected chi connectivity index (χ3v) is 5.16. The van der Waals surface area contributed by atoms with Crippen LogP contribution in [0.1, 0.15) is 18.4 Å². The fourth-order valence-corrected chi connectivity index (χ4v) is 3.66. The third-order valence-electron chi connectivity index (χ3n) is 4.99. The molecular weight excluding hydrogens is 362 g/mol. The number of hydrogen-bond donors (Lipinski definition) is 1. The maximum absolute atomic E-state index is 14.4. The Morgan fingerprint density at radius 3 is 2.85 bits per heavy atom. The number of fused-ring (bicyclic) bond motifs is 1. The largest absolute Gasteiger partial charge is 0.481 e. The minimum Gasteiger partial charge on any atom is -0.481 e. The molecule has 140 valence electrons. The number of nitrogens with two attached hydrogens (primary N) is 1. The molecule has 3 heterocycles. The quantitative estimate of drug-likeness (QED) is 0.602. The number of nitrogens with zero attached hydrogens (tertiary/aromatic N) is 3. The van der Waals surface area contributed by atoms with Crippen molar-refractivity contribution in [1.82, 2.24) is 14.9 Å². The summed E-state index contributed by atoms with van der Waals surface area (Å²) in [6, 6.07) is 3.51. The van der Waals surface area contributed by atoms with E-state index in [1.807, 2.05) is 0 Å². The lowest BCUT2D eigenvalue weighted by molar-refractivity contribution is -0.107. The number of likely N-dealkylation sites (tertiary alicyclic amines) is 1. The van der Waals surface area contributed by atoms with Crippen molar-refractivity contribution in [3.8, 4) is 5.88 Å². The molecule has 8 heteroatoms. The summed E-state index contributed by atoms with van der Waals surface area (Å²) in [4.78, 5) is 21.9. The van der Waals surface area contributed by atoms with Crippen LogP contribution in [-0.4, -0.2) is 62.5 Å². The monoisotopic (exact) mass is 384 g/mol. The highest BCUT2D eigenvalue weighted by molar-refractivity contribution is 6.60. The van der Waals surface area contributed by atoms with Gasteiger partial charge in [0.25, 0.3) is 0 Å². The second kappa shape index (κ2) is 8.79. The van der Waals surface area contributed by atoms with E-state index in [0.29, 0.717) is 34.6 Å². The molecule has 1 fully saturated rings. The van der Waals surface area contributed by atoms with E-state index in [1.165, 1.54) is 19.4 Å². The van der Waals surface area contributed by atoms with Gasteiger partial charge in [0.1, 0.15) is 5.82 Å². The van der Waals surface area contributed by atoms with E-state index in [0.717, 1.165) is 32.5 Å². The predicted octanol–water partition coefficient (Wildman–Crippen LogP) is 1.57. The van der Waals surface area contributed by atoms with Gasteiger partial charge in [0.2, 0.25) is 22.2 Å². The summed E-state index contributed by atoms with van der Waals surface area (Å²) in [5.74, 6) is 0.335. The Bertz CT molecular complexity index is 866. The predicted molar refractivity (Wildman–Crippen MR) is 102 cm³/mol. The normalized spacial score (nSPS) is 16.6. The van der Waals surface area contributed by atoms with Gasteiger partial charge in [-0.05, 0) is 44.5 Å². The molecule has 0 spiro atoms. The number of methoxy groups -OCH3 is 1. The SMILES string of the molecule is COc1ccc2ncc(F)c(CCN3CCC(/C(N)=C/[C](=O)[Al])CC3)c2n1. The van der Waals surface area contributed by atoms with Gasteiger partial charge in [-0.1, -0.05) is 0 Å². The molecule has 2 aromatic rings. The highest BCUT2D eigenvalue weighted by Gasteiger charge is 2.21. The Balaban J connectivity index is 1.66. The van der Waals surface area contributed by atoms with Crippen molar-refractivity contribution in [2.24, 2.45) is 11.7 Å². The van der Waals surface area contributed by atoms with Crippen LogP contribution in [0.15, 0.2) is 30.1 Å². The first kappa shape index (κ1) is 19.7. The second-order valence-electron chi connectivity index (χ2n) is 6.72. The zero-order chi connectivity index (χ0) is 19.4. The second-order valence-corrected chi connectivity index (χ2v) is 7.29. The van der Waals surface area contributed by atoms with Gasteiger partial charge in [-0.15, -0.1) is 0 Å². The highest BCUT2D eigenvalue weighted by Crippen LogP contribution is 2.24. The van der Waals surface area contributed by atoms with E-state index in [-0.39, 0.29) is 16.4 Å². The van der Waals surface area contributed by atoms with Gasteiger partial charge in [-0.2, -0.15) is 0 Å². The van der Waals surface area contributed by atoms with Crippen molar-refractivity contribution in [2.45, 2.75) is 19.3 Å². The van der Waals surface area contributed by atoms with Gasteiger partial charge in [-0.25, -0.2) is 9.37 Å². The number of piperidine rings is 1. The standard InChI is InChI=1S/C19H22FN4O2.Al/c1-26-18-3-2-17-19(23-18)14(15(20)12-22-17)6-10-24-8-4-13(5-9-24)16(21)7-11-25;/h2-3,7,12-13H,4-6,8-10,21H2,1H3;/b16-7-;. The van der Waals surface area contributed by atoms with Gasteiger partial charge in [0.15, 0.2) is 0 Å². The van der Waals surface area contributed by atoms with Crippen molar-refractivity contribution in [3.63, 3.8) is 0 Å². The molecule has 0 amide bonds. The Labute approximate surface area is 166 Å². The number of hydrogen-bond acceptors (Lipinski definition) is 6. The lowest BCUT2D eigenvalue weighted by Gasteiger charge is -2.32. The molecule has 0 aliphatic carbocycles. The minimum absolute atomic E-state index is 0.0992. The summed E-state index contributed by atoms with van der Waals surface area (Å²) in [5, 5.41) is 0. The maximum Gasteiger partial charge on any atom is 0.249 e. The van der Waals surface area contributed by atoms with Crippen LogP contribution in [0.4, 0.5) is 4.39 Å². The zero-order valence-corrected chi connectivity index (χ0v) is 16.5. The molecule has 3 rings (SSSR count). The summed E-state index contributed by atoms with van der Waals surface area (Å²) in [6.07, 6.45) is 5.08. The van der Waals surface area contributed by atoms with Gasteiger partial charge in [0.05, 0.1) is 24.3 Å². The molecule has 0 aromatic carbocycles. The van der Waals surface area contributed by atoms with Crippen molar-refractivity contribution in [1.29, 1.82) is 0 Å². The van der Waals surface area contributed by atoms with Crippen LogP contribution >= 0.6 is 0 Å². The molecular formula is C19H22AlFN4O2. The molecule has 1 aliphatic rings. The van der Waals surface area contributed by atoms with Crippen molar-refractivity contribution >= 4 is 32.0 Å². The first-order valence-corrected chi connectivity index (χ1v) is 9.52. The Morgan fingerprint density at radius 2 is 2.19 bits per heavy atom. The van der Waals surface area contributed by atoms with Crippen molar-refractivity contribution in [3.05, 3.63) is 41.5 Å². The van der Waals surface area contributed by atoms with E-state index in [1.54, 1.807) is 12.1 Å². The summed E-state index contributed by atoms with van der Waals surface area (Å²) in [6.45, 7) is 2.46.